The Hall–Kier alpha value is -2.81. The molecular weight excluding hydrogens is 384 g/mol. The summed E-state index contributed by atoms with van der Waals surface area (Å²) in [5.41, 5.74) is 4.30. The molecule has 4 aliphatic rings. The smallest absolute Gasteiger partial charge is 0.338 e. The second kappa shape index (κ2) is 6.85. The van der Waals surface area contributed by atoms with E-state index in [-0.39, 0.29) is 17.1 Å². The normalized spacial score (nSPS) is 28.7. The van der Waals surface area contributed by atoms with Crippen molar-refractivity contribution in [3.05, 3.63) is 65.7 Å². The summed E-state index contributed by atoms with van der Waals surface area (Å²) in [7, 11) is 1.49. The maximum absolute atomic E-state index is 12.8. The Morgan fingerprint density at radius 2 is 1.45 bits per heavy atom. The number of phenolic OH excluding ortho intramolecular Hbond substituents is 1. The third-order valence-corrected chi connectivity index (χ3v) is 8.19. The number of methoxy groups -OCH3 is 1. The van der Waals surface area contributed by atoms with Crippen molar-refractivity contribution in [2.24, 2.45) is 17.8 Å². The van der Waals surface area contributed by atoms with Gasteiger partial charge in [0.1, 0.15) is 5.75 Å². The Bertz CT molecular complexity index is 1140. The van der Waals surface area contributed by atoms with E-state index >= 15 is 0 Å². The minimum atomic E-state index is -0.213. The first-order valence-electron chi connectivity index (χ1n) is 11.5. The Balaban J connectivity index is 1.51. The minimum Gasteiger partial charge on any atom is -0.508 e. The Morgan fingerprint density at radius 1 is 0.839 bits per heavy atom. The van der Waals surface area contributed by atoms with E-state index in [0.717, 1.165) is 39.8 Å². The van der Waals surface area contributed by atoms with Gasteiger partial charge < -0.3 is 9.84 Å². The van der Waals surface area contributed by atoms with Crippen molar-refractivity contribution in [2.75, 3.05) is 7.11 Å². The molecule has 7 rings (SSSR count). The summed E-state index contributed by atoms with van der Waals surface area (Å²) >= 11 is 0. The van der Waals surface area contributed by atoms with Gasteiger partial charge in [0.05, 0.1) is 12.7 Å². The molecule has 0 aliphatic heterocycles. The predicted molar refractivity (Wildman–Crippen MR) is 122 cm³/mol. The van der Waals surface area contributed by atoms with Crippen LogP contribution in [0.25, 0.3) is 21.9 Å². The fourth-order valence-electron chi connectivity index (χ4n) is 7.29. The van der Waals surface area contributed by atoms with E-state index < -0.39 is 0 Å². The molecule has 0 amide bonds. The molecule has 0 radical (unpaired) electrons. The molecule has 158 valence electrons. The van der Waals surface area contributed by atoms with Crippen molar-refractivity contribution in [3.8, 4) is 16.9 Å². The molecule has 4 fully saturated rings. The van der Waals surface area contributed by atoms with E-state index in [1.165, 1.54) is 56.6 Å². The van der Waals surface area contributed by atoms with Crippen molar-refractivity contribution >= 4 is 16.7 Å². The highest BCUT2D eigenvalue weighted by atomic mass is 16.5. The van der Waals surface area contributed by atoms with Crippen LogP contribution in [0, 0.1) is 17.8 Å². The van der Waals surface area contributed by atoms with E-state index in [2.05, 4.69) is 30.3 Å². The molecule has 3 heteroatoms. The highest BCUT2D eigenvalue weighted by molar-refractivity contribution is 5.98. The van der Waals surface area contributed by atoms with Crippen LogP contribution in [0.3, 0.4) is 0 Å². The van der Waals surface area contributed by atoms with Gasteiger partial charge in [-0.25, -0.2) is 4.79 Å². The summed E-state index contributed by atoms with van der Waals surface area (Å²) < 4.78 is 5.23. The molecule has 1 N–H and O–H groups in total. The third kappa shape index (κ3) is 3.05. The molecule has 3 aromatic rings. The van der Waals surface area contributed by atoms with Gasteiger partial charge in [0, 0.05) is 0 Å². The number of aromatic hydroxyl groups is 1. The molecule has 0 saturated heterocycles. The maximum Gasteiger partial charge on any atom is 0.338 e. The zero-order valence-corrected chi connectivity index (χ0v) is 17.9. The standard InChI is InChI=1S/C28H28O3/c1-31-27(30)25-12-22-3-2-21(20-4-6-24(29)7-5-20)11-23(22)13-26(25)28-14-17-8-18(15-28)10-19(9-17)16-28/h2-7,11-13,17-19,29H,8-10,14-16H2,1H3. The quantitative estimate of drug-likeness (QED) is 0.502. The molecule has 3 aromatic carbocycles. The number of ether oxygens (including phenoxy) is 1. The lowest BCUT2D eigenvalue weighted by molar-refractivity contribution is -0.00587. The van der Waals surface area contributed by atoms with E-state index in [1.807, 2.05) is 12.1 Å². The van der Waals surface area contributed by atoms with Crippen LogP contribution in [0.2, 0.25) is 0 Å². The van der Waals surface area contributed by atoms with Gasteiger partial charge in [-0.1, -0.05) is 24.3 Å². The van der Waals surface area contributed by atoms with Crippen molar-refractivity contribution < 1.29 is 14.6 Å². The van der Waals surface area contributed by atoms with Gasteiger partial charge in [-0.3, -0.25) is 0 Å². The molecule has 3 nitrogen and oxygen atoms in total. The summed E-state index contributed by atoms with van der Waals surface area (Å²) in [5, 5.41) is 11.9. The molecule has 0 unspecified atom stereocenters. The first kappa shape index (κ1) is 18.9. The second-order valence-corrected chi connectivity index (χ2v) is 10.2. The fourth-order valence-corrected chi connectivity index (χ4v) is 7.29. The van der Waals surface area contributed by atoms with Gasteiger partial charge >= 0.3 is 5.97 Å². The number of hydrogen-bond donors (Lipinski definition) is 1. The topological polar surface area (TPSA) is 46.5 Å². The minimum absolute atomic E-state index is 0.126. The van der Waals surface area contributed by atoms with Crippen molar-refractivity contribution in [2.45, 2.75) is 43.9 Å². The Kier molecular flexibility index (Phi) is 4.18. The third-order valence-electron chi connectivity index (χ3n) is 8.19. The summed E-state index contributed by atoms with van der Waals surface area (Å²) in [4.78, 5) is 12.8. The maximum atomic E-state index is 12.8. The largest absolute Gasteiger partial charge is 0.508 e. The van der Waals surface area contributed by atoms with Crippen LogP contribution in [-0.4, -0.2) is 18.2 Å². The van der Waals surface area contributed by atoms with Gasteiger partial charge in [0.15, 0.2) is 0 Å². The number of fused-ring (bicyclic) bond motifs is 1. The zero-order chi connectivity index (χ0) is 21.2. The van der Waals surface area contributed by atoms with Crippen LogP contribution >= 0.6 is 0 Å². The highest BCUT2D eigenvalue weighted by Gasteiger charge is 2.52. The summed E-state index contributed by atoms with van der Waals surface area (Å²) in [6.45, 7) is 0. The van der Waals surface area contributed by atoms with E-state index in [4.69, 9.17) is 4.74 Å². The lowest BCUT2D eigenvalue weighted by atomic mass is 9.47. The average molecular weight is 413 g/mol. The molecule has 4 aliphatic carbocycles. The molecule has 0 atom stereocenters. The first-order valence-corrected chi connectivity index (χ1v) is 11.5. The van der Waals surface area contributed by atoms with Crippen LogP contribution in [0.4, 0.5) is 0 Å². The van der Waals surface area contributed by atoms with Gasteiger partial charge in [-0.15, -0.1) is 0 Å². The Morgan fingerprint density at radius 3 is 2.06 bits per heavy atom. The van der Waals surface area contributed by atoms with Gasteiger partial charge in [-0.2, -0.15) is 0 Å². The number of benzene rings is 3. The van der Waals surface area contributed by atoms with E-state index in [0.29, 0.717) is 0 Å². The van der Waals surface area contributed by atoms with Gasteiger partial charge in [-0.05, 0) is 119 Å². The number of carbonyl (C=O) groups is 1. The Labute approximate surface area is 183 Å². The van der Waals surface area contributed by atoms with Crippen LogP contribution < -0.4 is 0 Å². The molecule has 0 heterocycles. The molecule has 4 saturated carbocycles. The molecular formula is C28H28O3. The van der Waals surface area contributed by atoms with Crippen LogP contribution in [-0.2, 0) is 10.2 Å². The van der Waals surface area contributed by atoms with Crippen LogP contribution in [0.15, 0.2) is 54.6 Å². The summed E-state index contributed by atoms with van der Waals surface area (Å²) in [6, 6.07) is 18.1. The molecule has 0 aromatic heterocycles. The van der Waals surface area contributed by atoms with Gasteiger partial charge in [0.25, 0.3) is 0 Å². The van der Waals surface area contributed by atoms with Gasteiger partial charge in [0.2, 0.25) is 0 Å². The number of carbonyl (C=O) groups excluding carboxylic acids is 1. The number of esters is 1. The molecule has 4 bridgehead atoms. The van der Waals surface area contributed by atoms with Crippen molar-refractivity contribution in [1.29, 1.82) is 0 Å². The van der Waals surface area contributed by atoms with Crippen LogP contribution in [0.1, 0.15) is 54.4 Å². The SMILES string of the molecule is COC(=O)c1cc2ccc(-c3ccc(O)cc3)cc2cc1C12CC3CC(CC(C3)C1)C2. The lowest BCUT2D eigenvalue weighted by Gasteiger charge is -2.57. The van der Waals surface area contributed by atoms with Crippen LogP contribution in [0.5, 0.6) is 5.75 Å². The monoisotopic (exact) mass is 412 g/mol. The number of phenols is 1. The molecule has 0 spiro atoms. The molecule has 31 heavy (non-hydrogen) atoms. The predicted octanol–water partition coefficient (Wildman–Crippen LogP) is 6.47. The summed E-state index contributed by atoms with van der Waals surface area (Å²) in [5.74, 6) is 2.51. The number of hydrogen-bond acceptors (Lipinski definition) is 3. The first-order chi connectivity index (χ1) is 15.0. The average Bonchev–Trinajstić information content (AvgIpc) is 2.77. The van der Waals surface area contributed by atoms with Crippen molar-refractivity contribution in [3.63, 3.8) is 0 Å². The van der Waals surface area contributed by atoms with Crippen molar-refractivity contribution in [1.82, 2.24) is 0 Å². The lowest BCUT2D eigenvalue weighted by Crippen LogP contribution is -2.49. The summed E-state index contributed by atoms with van der Waals surface area (Å²) in [6.07, 6.45) is 7.78. The fraction of sp³-hybridized carbons (Fsp3) is 0.393. The second-order valence-electron chi connectivity index (χ2n) is 10.2. The highest BCUT2D eigenvalue weighted by Crippen LogP contribution is 2.61. The zero-order valence-electron chi connectivity index (χ0n) is 17.9. The van der Waals surface area contributed by atoms with E-state index in [9.17, 15) is 9.90 Å². The van der Waals surface area contributed by atoms with E-state index in [1.54, 1.807) is 12.1 Å². The number of rotatable bonds is 3.